The van der Waals surface area contributed by atoms with E-state index >= 15 is 0 Å². The second-order valence-corrected chi connectivity index (χ2v) is 12.2. The molecule has 1 aliphatic rings. The van der Waals surface area contributed by atoms with Gasteiger partial charge >= 0.3 is 11.9 Å². The zero-order valence-corrected chi connectivity index (χ0v) is 27.4. The van der Waals surface area contributed by atoms with Crippen LogP contribution in [-0.2, 0) is 24.0 Å². The van der Waals surface area contributed by atoms with Crippen LogP contribution in [0.4, 0.5) is 5.69 Å². The fourth-order valence-corrected chi connectivity index (χ4v) is 5.61. The number of nitrogens with one attached hydrogen (secondary N) is 4. The number of hydrogen-bond donors (Lipinski definition) is 9. The summed E-state index contributed by atoms with van der Waals surface area (Å²) in [6.45, 7) is 1.24. The number of nitrogens with two attached hydrogens (primary N) is 3. The molecular weight excluding hydrogens is 636 g/mol. The minimum absolute atomic E-state index is 0.0673. The molecule has 3 atom stereocenters. The third-order valence-electron chi connectivity index (χ3n) is 7.37. The van der Waals surface area contributed by atoms with E-state index < -0.39 is 60.2 Å². The molecule has 1 fully saturated rings. The number of methoxy groups -OCH3 is 1. The van der Waals surface area contributed by atoms with Crippen LogP contribution in [0.3, 0.4) is 0 Å². The van der Waals surface area contributed by atoms with Gasteiger partial charge in [0.25, 0.3) is 5.91 Å². The van der Waals surface area contributed by atoms with E-state index in [1.165, 1.54) is 19.2 Å². The molecule has 2 rings (SSSR count). The summed E-state index contributed by atoms with van der Waals surface area (Å²) in [4.78, 5) is 76.6. The molecule has 0 saturated carbocycles. The number of ether oxygens (including phenoxy) is 1. The van der Waals surface area contributed by atoms with E-state index in [0.717, 1.165) is 37.7 Å². The SMILES string of the molecule is COc1cc(NC(=O)[C@@H](N)CCCN)c(SC[C@H](NC(=O)[C@@H](N)CCC(=O)O)C(=O)NCC(=O)O)cc1C(=O)NC1CCN(C)CC1. The van der Waals surface area contributed by atoms with Crippen molar-refractivity contribution in [3.63, 3.8) is 0 Å². The normalized spacial score (nSPS) is 15.5. The van der Waals surface area contributed by atoms with Crippen LogP contribution in [0.5, 0.6) is 5.75 Å². The largest absolute Gasteiger partial charge is 0.496 e. The molecule has 1 aromatic rings. The maximum atomic E-state index is 13.4. The summed E-state index contributed by atoms with van der Waals surface area (Å²) in [6.07, 6.45) is 1.75. The third-order valence-corrected chi connectivity index (χ3v) is 8.52. The summed E-state index contributed by atoms with van der Waals surface area (Å²) in [5.41, 5.74) is 17.8. The number of carboxylic acids is 2. The lowest BCUT2D eigenvalue weighted by Crippen LogP contribution is -2.53. The van der Waals surface area contributed by atoms with E-state index in [2.05, 4.69) is 26.2 Å². The fraction of sp³-hybridized carbons (Fsp3) is 0.586. The van der Waals surface area contributed by atoms with Crippen molar-refractivity contribution < 1.29 is 43.7 Å². The number of carbonyl (C=O) groups excluding carboxylic acids is 4. The molecule has 12 N–H and O–H groups in total. The maximum Gasteiger partial charge on any atom is 0.322 e. The highest BCUT2D eigenvalue weighted by Crippen LogP contribution is 2.35. The lowest BCUT2D eigenvalue weighted by Gasteiger charge is -2.29. The molecule has 4 amide bonds. The Morgan fingerprint density at radius 1 is 1.00 bits per heavy atom. The Bertz CT molecular complexity index is 1280. The number of hydrogen-bond acceptors (Lipinski definition) is 12. The summed E-state index contributed by atoms with van der Waals surface area (Å²) in [7, 11) is 3.37. The lowest BCUT2D eigenvalue weighted by molar-refractivity contribution is -0.138. The number of aliphatic carboxylic acids is 2. The van der Waals surface area contributed by atoms with Gasteiger partial charge in [0.2, 0.25) is 17.7 Å². The molecule has 0 bridgehead atoms. The molecule has 18 heteroatoms. The zero-order valence-electron chi connectivity index (χ0n) is 26.6. The minimum Gasteiger partial charge on any atom is -0.496 e. The molecule has 0 aliphatic carbocycles. The smallest absolute Gasteiger partial charge is 0.322 e. The molecule has 1 saturated heterocycles. The fourth-order valence-electron chi connectivity index (χ4n) is 4.56. The zero-order chi connectivity index (χ0) is 35.1. The van der Waals surface area contributed by atoms with Crippen molar-refractivity contribution in [1.82, 2.24) is 20.9 Å². The van der Waals surface area contributed by atoms with Crippen molar-refractivity contribution in [2.75, 3.05) is 51.4 Å². The molecule has 0 unspecified atom stereocenters. The molecule has 1 aromatic carbocycles. The number of carboxylic acid groups (broad SMARTS) is 2. The highest BCUT2D eigenvalue weighted by atomic mass is 32.2. The molecule has 17 nitrogen and oxygen atoms in total. The Morgan fingerprint density at radius 3 is 2.26 bits per heavy atom. The Morgan fingerprint density at radius 2 is 1.66 bits per heavy atom. The van der Waals surface area contributed by atoms with E-state index in [0.29, 0.717) is 24.3 Å². The van der Waals surface area contributed by atoms with Crippen LogP contribution in [-0.4, -0.2) is 121 Å². The first-order chi connectivity index (χ1) is 22.2. The van der Waals surface area contributed by atoms with Gasteiger partial charge in [-0.15, -0.1) is 11.8 Å². The van der Waals surface area contributed by atoms with Gasteiger partial charge in [0, 0.05) is 29.2 Å². The Balaban J connectivity index is 2.41. The molecule has 1 heterocycles. The predicted molar refractivity (Wildman–Crippen MR) is 174 cm³/mol. The number of rotatable bonds is 19. The van der Waals surface area contributed by atoms with Gasteiger partial charge < -0.3 is 58.3 Å². The summed E-state index contributed by atoms with van der Waals surface area (Å²) in [5, 5.41) is 28.4. The number of nitrogens with zero attached hydrogens (tertiary/aromatic N) is 1. The van der Waals surface area contributed by atoms with E-state index in [1.807, 2.05) is 7.05 Å². The number of anilines is 1. The molecule has 47 heavy (non-hydrogen) atoms. The Labute approximate surface area is 277 Å². The average molecular weight is 683 g/mol. The van der Waals surface area contributed by atoms with Crippen molar-refractivity contribution in [2.45, 2.75) is 67.6 Å². The van der Waals surface area contributed by atoms with Gasteiger partial charge in [0.15, 0.2) is 0 Å². The summed E-state index contributed by atoms with van der Waals surface area (Å²) in [5.74, 6) is -5.13. The first-order valence-electron chi connectivity index (χ1n) is 15.1. The molecule has 0 radical (unpaired) electrons. The highest BCUT2D eigenvalue weighted by molar-refractivity contribution is 7.99. The Kier molecular flexibility index (Phi) is 16.4. The third kappa shape index (κ3) is 13.3. The number of carbonyl (C=O) groups is 6. The summed E-state index contributed by atoms with van der Waals surface area (Å²) in [6, 6.07) is -0.609. The summed E-state index contributed by atoms with van der Waals surface area (Å²) < 4.78 is 5.50. The van der Waals surface area contributed by atoms with Crippen molar-refractivity contribution in [3.05, 3.63) is 17.7 Å². The molecule has 262 valence electrons. The maximum absolute atomic E-state index is 13.4. The molecule has 0 spiro atoms. The lowest BCUT2D eigenvalue weighted by atomic mass is 10.0. The first kappa shape index (κ1) is 39.2. The average Bonchev–Trinajstić information content (AvgIpc) is 3.03. The minimum atomic E-state index is -1.34. The molecule has 0 aromatic heterocycles. The topological polar surface area (TPSA) is 282 Å². The predicted octanol–water partition coefficient (Wildman–Crippen LogP) is -1.51. The van der Waals surface area contributed by atoms with Gasteiger partial charge in [-0.3, -0.25) is 28.8 Å². The van der Waals surface area contributed by atoms with Gasteiger partial charge in [0.1, 0.15) is 18.3 Å². The molecular formula is C29H46N8O9S. The quantitative estimate of drug-likeness (QED) is 0.0751. The van der Waals surface area contributed by atoms with Crippen LogP contribution in [0.15, 0.2) is 17.0 Å². The van der Waals surface area contributed by atoms with Crippen molar-refractivity contribution in [3.8, 4) is 5.75 Å². The number of thioether (sulfide) groups is 1. The Hall–Kier alpha value is -3.97. The second kappa shape index (κ2) is 19.6. The van der Waals surface area contributed by atoms with E-state index in [-0.39, 0.29) is 41.6 Å². The van der Waals surface area contributed by atoms with Crippen molar-refractivity contribution >= 4 is 53.0 Å². The van der Waals surface area contributed by atoms with E-state index in [4.69, 9.17) is 32.2 Å². The van der Waals surface area contributed by atoms with Gasteiger partial charge in [-0.25, -0.2) is 0 Å². The van der Waals surface area contributed by atoms with Crippen LogP contribution in [0.1, 0.15) is 48.9 Å². The van der Waals surface area contributed by atoms with Crippen molar-refractivity contribution in [2.24, 2.45) is 17.2 Å². The number of likely N-dealkylation sites (tertiary alicyclic amines) is 1. The molecule has 1 aliphatic heterocycles. The first-order valence-corrected chi connectivity index (χ1v) is 16.1. The summed E-state index contributed by atoms with van der Waals surface area (Å²) >= 11 is 0.983. The van der Waals surface area contributed by atoms with Crippen molar-refractivity contribution in [1.29, 1.82) is 0 Å². The van der Waals surface area contributed by atoms with E-state index in [1.54, 1.807) is 0 Å². The number of amides is 4. The van der Waals surface area contributed by atoms with Gasteiger partial charge in [-0.1, -0.05) is 0 Å². The van der Waals surface area contributed by atoms with Gasteiger partial charge in [-0.2, -0.15) is 0 Å². The van der Waals surface area contributed by atoms with Gasteiger partial charge in [0.05, 0.1) is 30.4 Å². The van der Waals surface area contributed by atoms with Crippen LogP contribution in [0, 0.1) is 0 Å². The van der Waals surface area contributed by atoms with E-state index in [9.17, 15) is 28.8 Å². The van der Waals surface area contributed by atoms with Crippen LogP contribution >= 0.6 is 11.8 Å². The monoisotopic (exact) mass is 682 g/mol. The van der Waals surface area contributed by atoms with Crippen LogP contribution < -0.4 is 43.2 Å². The van der Waals surface area contributed by atoms with Crippen LogP contribution in [0.2, 0.25) is 0 Å². The standard InChI is InChI=1S/C29H46N8O9S/c1-37-10-7-16(8-11-37)34-26(42)17-12-23(20(13-22(17)46-2)35-27(43)18(31)4-3-9-30)47-15-21(29(45)33-14-25(40)41)36-28(44)19(32)5-6-24(38)39/h12-13,16,18-19,21H,3-11,14-15,30-32H2,1-2H3,(H,33,45)(H,34,42)(H,35,43)(H,36,44)(H,38,39)(H,40,41)/t18-,19-,21-/m0/s1. The van der Waals surface area contributed by atoms with Gasteiger partial charge in [-0.05, 0) is 64.9 Å². The number of piperidine rings is 1. The van der Waals surface area contributed by atoms with Crippen LogP contribution in [0.25, 0.3) is 0 Å². The second-order valence-electron chi connectivity index (χ2n) is 11.1. The number of benzene rings is 1. The highest BCUT2D eigenvalue weighted by Gasteiger charge is 2.27.